The van der Waals surface area contributed by atoms with Gasteiger partial charge in [0.1, 0.15) is 14.5 Å². The highest BCUT2D eigenvalue weighted by Crippen LogP contribution is 2.19. The number of halogens is 1. The minimum Gasteiger partial charge on any atom is -0.393 e. The van der Waals surface area contributed by atoms with E-state index in [1.54, 1.807) is 18.9 Å². The summed E-state index contributed by atoms with van der Waals surface area (Å²) in [5.74, 6) is 0.0273. The summed E-state index contributed by atoms with van der Waals surface area (Å²) in [6.45, 7) is 3.08. The summed E-state index contributed by atoms with van der Waals surface area (Å²) in [5.41, 5.74) is 1.62. The summed E-state index contributed by atoms with van der Waals surface area (Å²) in [5, 5.41) is 13.2. The van der Waals surface area contributed by atoms with Gasteiger partial charge in [0.15, 0.2) is 11.6 Å². The molecule has 1 fully saturated rings. The van der Waals surface area contributed by atoms with Gasteiger partial charge in [-0.2, -0.15) is 0 Å². The van der Waals surface area contributed by atoms with Crippen LogP contribution in [0.1, 0.15) is 13.3 Å². The van der Waals surface area contributed by atoms with Crippen LogP contribution in [0.15, 0.2) is 17.4 Å². The highest BCUT2D eigenvalue weighted by atomic mass is 19.1. The molecule has 0 saturated carbocycles. The van der Waals surface area contributed by atoms with E-state index in [1.165, 1.54) is 6.07 Å². The van der Waals surface area contributed by atoms with Crippen molar-refractivity contribution in [1.82, 2.24) is 4.98 Å². The van der Waals surface area contributed by atoms with Crippen molar-refractivity contribution in [2.75, 3.05) is 24.6 Å². The molecule has 1 aliphatic rings. The van der Waals surface area contributed by atoms with E-state index in [9.17, 15) is 9.50 Å². The van der Waals surface area contributed by atoms with Gasteiger partial charge < -0.3 is 14.8 Å². The second kappa shape index (κ2) is 6.01. The SMILES string of the molecule is Bc1cnc(N2CC(=NOC[C@H](O)CC)C2)c(F)c1. The summed E-state index contributed by atoms with van der Waals surface area (Å²) < 4.78 is 13.6. The Morgan fingerprint density at radius 3 is 3.00 bits per heavy atom. The van der Waals surface area contributed by atoms with E-state index in [4.69, 9.17) is 4.84 Å². The topological polar surface area (TPSA) is 58.0 Å². The molecule has 19 heavy (non-hydrogen) atoms. The van der Waals surface area contributed by atoms with Gasteiger partial charge in [0.05, 0.1) is 24.9 Å². The lowest BCUT2D eigenvalue weighted by Crippen LogP contribution is -2.48. The maximum Gasteiger partial charge on any atom is 0.165 e. The normalized spacial score (nSPS) is 15.9. The molecule has 0 bridgehead atoms. The molecular weight excluding hydrogens is 248 g/mol. The first-order valence-corrected chi connectivity index (χ1v) is 6.33. The van der Waals surface area contributed by atoms with Gasteiger partial charge in [0.25, 0.3) is 0 Å². The van der Waals surface area contributed by atoms with Gasteiger partial charge >= 0.3 is 0 Å². The average molecular weight is 265 g/mol. The molecule has 0 radical (unpaired) electrons. The lowest BCUT2D eigenvalue weighted by Gasteiger charge is -2.33. The van der Waals surface area contributed by atoms with E-state index in [-0.39, 0.29) is 12.4 Å². The summed E-state index contributed by atoms with van der Waals surface area (Å²) >= 11 is 0. The number of aromatic nitrogens is 1. The smallest absolute Gasteiger partial charge is 0.165 e. The first kappa shape index (κ1) is 13.8. The molecule has 0 unspecified atom stereocenters. The zero-order valence-corrected chi connectivity index (χ0v) is 11.1. The van der Waals surface area contributed by atoms with Gasteiger partial charge in [-0.05, 0) is 12.5 Å². The molecule has 2 heterocycles. The molecule has 7 heteroatoms. The molecule has 1 saturated heterocycles. The Morgan fingerprint density at radius 1 is 1.63 bits per heavy atom. The number of anilines is 1. The third kappa shape index (κ3) is 3.44. The minimum absolute atomic E-state index is 0.192. The number of pyridine rings is 1. The number of hydrogen-bond acceptors (Lipinski definition) is 5. The van der Waals surface area contributed by atoms with Crippen molar-refractivity contribution in [3.63, 3.8) is 0 Å². The largest absolute Gasteiger partial charge is 0.393 e. The van der Waals surface area contributed by atoms with Crippen molar-refractivity contribution in [3.8, 4) is 0 Å². The van der Waals surface area contributed by atoms with Crippen LogP contribution in [-0.2, 0) is 4.84 Å². The predicted octanol–water partition coefficient (Wildman–Crippen LogP) is -0.557. The highest BCUT2D eigenvalue weighted by molar-refractivity contribution is 6.32. The Bertz CT molecular complexity index is 476. The maximum atomic E-state index is 13.6. The van der Waals surface area contributed by atoms with Crippen molar-refractivity contribution >= 4 is 24.8 Å². The standard InChI is InChI=1S/C12H17BFN3O2/c1-2-10(18)7-19-16-9-5-17(6-9)12-11(14)3-8(13)4-15-12/h3-4,10,18H,2,5-7,13H2,1H3/t10-/m1/s1. The van der Waals surface area contributed by atoms with E-state index in [0.717, 1.165) is 11.2 Å². The fraction of sp³-hybridized carbons (Fsp3) is 0.500. The predicted molar refractivity (Wildman–Crippen MR) is 74.3 cm³/mol. The molecule has 1 aromatic rings. The second-order valence-electron chi connectivity index (χ2n) is 4.69. The number of rotatable bonds is 5. The number of oxime groups is 1. The molecule has 5 nitrogen and oxygen atoms in total. The third-order valence-corrected chi connectivity index (χ3v) is 2.94. The van der Waals surface area contributed by atoms with Crippen LogP contribution in [0.25, 0.3) is 0 Å². The number of nitrogens with zero attached hydrogens (tertiary/aromatic N) is 3. The molecule has 0 amide bonds. The van der Waals surface area contributed by atoms with E-state index in [2.05, 4.69) is 10.1 Å². The quantitative estimate of drug-likeness (QED) is 0.573. The van der Waals surface area contributed by atoms with Crippen LogP contribution >= 0.6 is 0 Å². The second-order valence-corrected chi connectivity index (χ2v) is 4.69. The van der Waals surface area contributed by atoms with Crippen LogP contribution in [0.5, 0.6) is 0 Å². The third-order valence-electron chi connectivity index (χ3n) is 2.94. The van der Waals surface area contributed by atoms with Crippen LogP contribution in [0.3, 0.4) is 0 Å². The van der Waals surface area contributed by atoms with Gasteiger partial charge in [0, 0.05) is 6.20 Å². The number of hydrogen-bond donors (Lipinski definition) is 1. The van der Waals surface area contributed by atoms with Crippen LogP contribution < -0.4 is 10.4 Å². The first-order valence-electron chi connectivity index (χ1n) is 6.33. The summed E-state index contributed by atoms with van der Waals surface area (Å²) in [6.07, 6.45) is 1.79. The molecule has 0 aliphatic carbocycles. The Kier molecular flexibility index (Phi) is 4.37. The lowest BCUT2D eigenvalue weighted by molar-refractivity contribution is 0.0377. The van der Waals surface area contributed by atoms with Gasteiger partial charge in [-0.25, -0.2) is 9.37 Å². The highest BCUT2D eigenvalue weighted by Gasteiger charge is 2.26. The van der Waals surface area contributed by atoms with Crippen molar-refractivity contribution in [2.24, 2.45) is 5.16 Å². The molecule has 0 aromatic carbocycles. The molecule has 0 spiro atoms. The molecule has 1 N–H and O–H groups in total. The Morgan fingerprint density at radius 2 is 2.37 bits per heavy atom. The van der Waals surface area contributed by atoms with Crippen LogP contribution in [0.4, 0.5) is 10.2 Å². The fourth-order valence-electron chi connectivity index (χ4n) is 1.69. The van der Waals surface area contributed by atoms with Crippen molar-refractivity contribution < 1.29 is 14.3 Å². The van der Waals surface area contributed by atoms with Crippen molar-refractivity contribution in [2.45, 2.75) is 19.4 Å². The molecule has 2 rings (SSSR count). The molecule has 102 valence electrons. The molecule has 1 atom stereocenters. The number of aliphatic hydroxyl groups excluding tert-OH is 1. The summed E-state index contributed by atoms with van der Waals surface area (Å²) in [6, 6.07) is 1.46. The maximum absolute atomic E-state index is 13.6. The average Bonchev–Trinajstić information content (AvgIpc) is 2.33. The van der Waals surface area contributed by atoms with Gasteiger partial charge in [-0.15, -0.1) is 0 Å². The summed E-state index contributed by atoms with van der Waals surface area (Å²) in [7, 11) is 1.80. The van der Waals surface area contributed by atoms with E-state index in [1.807, 2.05) is 6.92 Å². The zero-order valence-electron chi connectivity index (χ0n) is 11.1. The first-order chi connectivity index (χ1) is 9.10. The van der Waals surface area contributed by atoms with E-state index < -0.39 is 6.10 Å². The van der Waals surface area contributed by atoms with E-state index in [0.29, 0.717) is 25.3 Å². The van der Waals surface area contributed by atoms with Crippen molar-refractivity contribution in [1.29, 1.82) is 0 Å². The Labute approximate surface area is 112 Å². The lowest BCUT2D eigenvalue weighted by atomic mass is 9.99. The van der Waals surface area contributed by atoms with Crippen LogP contribution in [0, 0.1) is 5.82 Å². The van der Waals surface area contributed by atoms with Crippen molar-refractivity contribution in [3.05, 3.63) is 18.1 Å². The molecule has 1 aromatic heterocycles. The van der Waals surface area contributed by atoms with E-state index >= 15 is 0 Å². The van der Waals surface area contributed by atoms with Gasteiger partial charge in [-0.1, -0.05) is 17.5 Å². The number of aliphatic hydroxyl groups is 1. The summed E-state index contributed by atoms with van der Waals surface area (Å²) in [4.78, 5) is 10.9. The fourth-order valence-corrected chi connectivity index (χ4v) is 1.69. The van der Waals surface area contributed by atoms with Gasteiger partial charge in [-0.3, -0.25) is 0 Å². The minimum atomic E-state index is -0.489. The van der Waals surface area contributed by atoms with Gasteiger partial charge in [0.2, 0.25) is 0 Å². The Balaban J connectivity index is 1.84. The molecular formula is C12H17BFN3O2. The molecule has 1 aliphatic heterocycles. The Hall–Kier alpha value is -1.63. The monoisotopic (exact) mass is 265 g/mol. The zero-order chi connectivity index (χ0) is 13.8. The van der Waals surface area contributed by atoms with Crippen LogP contribution in [-0.4, -0.2) is 49.4 Å². The van der Waals surface area contributed by atoms with Crippen LogP contribution in [0.2, 0.25) is 0 Å².